The molecule has 1 heterocycles. The van der Waals surface area contributed by atoms with Crippen LogP contribution in [0.1, 0.15) is 30.4 Å². The Bertz CT molecular complexity index is 790. The monoisotopic (exact) mass is 334 g/mol. The van der Waals surface area contributed by atoms with Crippen molar-refractivity contribution in [2.75, 3.05) is 7.11 Å². The lowest BCUT2D eigenvalue weighted by molar-refractivity contribution is -0.0830. The van der Waals surface area contributed by atoms with Gasteiger partial charge in [0.25, 0.3) is 5.92 Å². The fourth-order valence-electron chi connectivity index (χ4n) is 4.06. The highest BCUT2D eigenvalue weighted by molar-refractivity contribution is 5.54. The minimum atomic E-state index is -2.76. The number of benzene rings is 2. The molecular formula is C19H17F3O2. The Kier molecular flexibility index (Phi) is 3.31. The first-order valence-corrected chi connectivity index (χ1v) is 7.94. The molecule has 0 bridgehead atoms. The molecule has 126 valence electrons. The lowest BCUT2D eigenvalue weighted by Crippen LogP contribution is -2.48. The molecule has 2 aromatic carbocycles. The first-order valence-electron chi connectivity index (χ1n) is 7.94. The average Bonchev–Trinajstić information content (AvgIpc) is 2.87. The summed E-state index contributed by atoms with van der Waals surface area (Å²) in [4.78, 5) is 0. The molecule has 0 aromatic heterocycles. The molecule has 1 saturated carbocycles. The second-order valence-electron chi connectivity index (χ2n) is 6.48. The Morgan fingerprint density at radius 1 is 1.12 bits per heavy atom. The summed E-state index contributed by atoms with van der Waals surface area (Å²) in [7, 11) is 1.40. The molecule has 0 amide bonds. The van der Waals surface area contributed by atoms with Gasteiger partial charge in [-0.3, -0.25) is 0 Å². The van der Waals surface area contributed by atoms with Crippen LogP contribution in [0.3, 0.4) is 0 Å². The third-order valence-electron chi connectivity index (χ3n) is 5.22. The highest BCUT2D eigenvalue weighted by Gasteiger charge is 2.57. The Labute approximate surface area is 138 Å². The summed E-state index contributed by atoms with van der Waals surface area (Å²) in [6, 6.07) is 12.0. The second kappa shape index (κ2) is 5.16. The zero-order chi connectivity index (χ0) is 16.9. The number of methoxy groups -OCH3 is 1. The number of para-hydroxylation sites is 1. The molecule has 2 nitrogen and oxygen atoms in total. The van der Waals surface area contributed by atoms with E-state index in [0.717, 1.165) is 5.56 Å². The summed E-state index contributed by atoms with van der Waals surface area (Å²) in [6.45, 7) is 0. The van der Waals surface area contributed by atoms with Gasteiger partial charge in [0.2, 0.25) is 0 Å². The zero-order valence-corrected chi connectivity index (χ0v) is 13.2. The molecule has 4 rings (SSSR count). The van der Waals surface area contributed by atoms with Crippen molar-refractivity contribution in [2.45, 2.75) is 36.7 Å². The van der Waals surface area contributed by atoms with Gasteiger partial charge in [-0.25, -0.2) is 13.2 Å². The molecule has 1 fully saturated rings. The molecule has 1 aliphatic carbocycles. The largest absolute Gasteiger partial charge is 0.494 e. The highest BCUT2D eigenvalue weighted by atomic mass is 19.3. The standard InChI is InChI=1S/C19H17F3O2/c1-23-16-7-6-12(10-14(16)20)19-9-8-18(21,22)11-17(19)24-15-5-3-2-4-13(15)19/h2-7,10,17H,8-9,11H2,1H3. The number of fused-ring (bicyclic) bond motifs is 3. The van der Waals surface area contributed by atoms with Gasteiger partial charge in [-0.15, -0.1) is 0 Å². The molecule has 1 aliphatic heterocycles. The van der Waals surface area contributed by atoms with Crippen molar-refractivity contribution in [3.05, 3.63) is 59.4 Å². The quantitative estimate of drug-likeness (QED) is 0.792. The maximum Gasteiger partial charge on any atom is 0.251 e. The number of alkyl halides is 2. The van der Waals surface area contributed by atoms with Crippen molar-refractivity contribution in [2.24, 2.45) is 0 Å². The lowest BCUT2D eigenvalue weighted by atomic mass is 9.64. The molecule has 2 aliphatic rings. The van der Waals surface area contributed by atoms with Crippen LogP contribution < -0.4 is 9.47 Å². The summed E-state index contributed by atoms with van der Waals surface area (Å²) < 4.78 is 53.1. The smallest absolute Gasteiger partial charge is 0.251 e. The minimum absolute atomic E-state index is 0.139. The van der Waals surface area contributed by atoms with Crippen molar-refractivity contribution in [1.82, 2.24) is 0 Å². The van der Waals surface area contributed by atoms with Crippen molar-refractivity contribution in [3.63, 3.8) is 0 Å². The van der Waals surface area contributed by atoms with Crippen LogP contribution in [0.2, 0.25) is 0 Å². The van der Waals surface area contributed by atoms with E-state index in [-0.39, 0.29) is 25.0 Å². The summed E-state index contributed by atoms with van der Waals surface area (Å²) in [5.74, 6) is -2.51. The summed E-state index contributed by atoms with van der Waals surface area (Å²) >= 11 is 0. The summed E-state index contributed by atoms with van der Waals surface area (Å²) in [5, 5.41) is 0. The Hall–Kier alpha value is -2.17. The normalized spacial score (nSPS) is 27.1. The molecule has 24 heavy (non-hydrogen) atoms. The van der Waals surface area contributed by atoms with Crippen molar-refractivity contribution < 1.29 is 22.6 Å². The molecule has 2 unspecified atom stereocenters. The number of hydrogen-bond donors (Lipinski definition) is 0. The lowest BCUT2D eigenvalue weighted by Gasteiger charge is -2.41. The van der Waals surface area contributed by atoms with Gasteiger partial charge in [-0.2, -0.15) is 0 Å². The van der Waals surface area contributed by atoms with E-state index in [0.29, 0.717) is 11.3 Å². The van der Waals surface area contributed by atoms with E-state index in [1.54, 1.807) is 18.2 Å². The van der Waals surface area contributed by atoms with E-state index in [9.17, 15) is 13.2 Å². The van der Waals surface area contributed by atoms with Gasteiger partial charge in [0, 0.05) is 18.4 Å². The predicted octanol–water partition coefficient (Wildman–Crippen LogP) is 4.70. The molecule has 0 spiro atoms. The maximum absolute atomic E-state index is 14.3. The molecule has 5 heteroatoms. The molecule has 0 saturated heterocycles. The molecule has 0 radical (unpaired) electrons. The van der Waals surface area contributed by atoms with Crippen LogP contribution in [0.5, 0.6) is 11.5 Å². The van der Waals surface area contributed by atoms with Crippen LogP contribution in [0.15, 0.2) is 42.5 Å². The number of hydrogen-bond acceptors (Lipinski definition) is 2. The Balaban J connectivity index is 1.89. The molecule has 0 N–H and O–H groups in total. The van der Waals surface area contributed by atoms with E-state index in [1.165, 1.54) is 13.2 Å². The number of halogens is 3. The van der Waals surface area contributed by atoms with Crippen LogP contribution in [0, 0.1) is 5.82 Å². The molecule has 2 atom stereocenters. The van der Waals surface area contributed by atoms with E-state index in [2.05, 4.69) is 0 Å². The first-order chi connectivity index (χ1) is 11.5. The van der Waals surface area contributed by atoms with Crippen LogP contribution in [-0.2, 0) is 5.41 Å². The summed E-state index contributed by atoms with van der Waals surface area (Å²) in [5.41, 5.74) is 0.770. The van der Waals surface area contributed by atoms with Gasteiger partial charge < -0.3 is 9.47 Å². The van der Waals surface area contributed by atoms with E-state index in [4.69, 9.17) is 9.47 Å². The minimum Gasteiger partial charge on any atom is -0.494 e. The highest BCUT2D eigenvalue weighted by Crippen LogP contribution is 2.56. The third-order valence-corrected chi connectivity index (χ3v) is 5.22. The van der Waals surface area contributed by atoms with Crippen LogP contribution in [0.4, 0.5) is 13.2 Å². The second-order valence-corrected chi connectivity index (χ2v) is 6.48. The third kappa shape index (κ3) is 2.10. The van der Waals surface area contributed by atoms with Crippen molar-refractivity contribution >= 4 is 0 Å². The fraction of sp³-hybridized carbons (Fsp3) is 0.368. The number of ether oxygens (including phenoxy) is 2. The van der Waals surface area contributed by atoms with E-state index in [1.807, 2.05) is 18.2 Å². The van der Waals surface area contributed by atoms with Gasteiger partial charge in [0.1, 0.15) is 11.9 Å². The Morgan fingerprint density at radius 2 is 1.92 bits per heavy atom. The summed E-state index contributed by atoms with van der Waals surface area (Å²) in [6.07, 6.45) is -1.09. The average molecular weight is 334 g/mol. The van der Waals surface area contributed by atoms with Crippen molar-refractivity contribution in [1.29, 1.82) is 0 Å². The van der Waals surface area contributed by atoms with Gasteiger partial charge >= 0.3 is 0 Å². The fourth-order valence-corrected chi connectivity index (χ4v) is 4.06. The van der Waals surface area contributed by atoms with Gasteiger partial charge in [-0.05, 0) is 30.2 Å². The predicted molar refractivity (Wildman–Crippen MR) is 83.4 cm³/mol. The SMILES string of the molecule is COc1ccc(C23CCC(F)(F)CC2Oc2ccccc23)cc1F. The zero-order valence-electron chi connectivity index (χ0n) is 13.2. The van der Waals surface area contributed by atoms with Gasteiger partial charge in [0.05, 0.1) is 12.5 Å². The van der Waals surface area contributed by atoms with Crippen LogP contribution in [0.25, 0.3) is 0 Å². The van der Waals surface area contributed by atoms with Crippen molar-refractivity contribution in [3.8, 4) is 11.5 Å². The van der Waals surface area contributed by atoms with Gasteiger partial charge in [-0.1, -0.05) is 24.3 Å². The maximum atomic E-state index is 14.3. The first kappa shape index (κ1) is 15.4. The van der Waals surface area contributed by atoms with Crippen LogP contribution in [-0.4, -0.2) is 19.1 Å². The van der Waals surface area contributed by atoms with Crippen LogP contribution >= 0.6 is 0 Å². The molecule has 2 aromatic rings. The molecular weight excluding hydrogens is 317 g/mol. The topological polar surface area (TPSA) is 18.5 Å². The van der Waals surface area contributed by atoms with Gasteiger partial charge in [0.15, 0.2) is 11.6 Å². The Morgan fingerprint density at radius 3 is 2.67 bits per heavy atom. The number of rotatable bonds is 2. The van der Waals surface area contributed by atoms with E-state index >= 15 is 0 Å². The van der Waals surface area contributed by atoms with E-state index < -0.39 is 23.3 Å².